The number of benzene rings is 2. The lowest BCUT2D eigenvalue weighted by Gasteiger charge is -2.15. The summed E-state index contributed by atoms with van der Waals surface area (Å²) in [6.07, 6.45) is 0.947. The molecule has 0 fully saturated rings. The Morgan fingerprint density at radius 2 is 1.67 bits per heavy atom. The molecule has 0 radical (unpaired) electrons. The first-order valence-corrected chi connectivity index (χ1v) is 7.89. The predicted octanol–water partition coefficient (Wildman–Crippen LogP) is 5.00. The summed E-state index contributed by atoms with van der Waals surface area (Å²) in [7, 11) is 3.31. The molecule has 0 aliphatic carbocycles. The molecule has 21 heavy (non-hydrogen) atoms. The molecular weight excluding hydrogens is 328 g/mol. The van der Waals surface area contributed by atoms with Crippen LogP contribution < -0.4 is 9.47 Å². The van der Waals surface area contributed by atoms with Gasteiger partial charge in [0.05, 0.1) is 14.2 Å². The minimum atomic E-state index is 0.248. The van der Waals surface area contributed by atoms with Gasteiger partial charge in [0, 0.05) is 4.83 Å². The van der Waals surface area contributed by atoms with Crippen molar-refractivity contribution in [2.24, 2.45) is 0 Å². The second-order valence-corrected chi connectivity index (χ2v) is 6.32. The Morgan fingerprint density at radius 1 is 0.952 bits per heavy atom. The van der Waals surface area contributed by atoms with Crippen molar-refractivity contribution in [2.75, 3.05) is 14.2 Å². The third kappa shape index (κ3) is 3.79. The molecule has 2 aromatic carbocycles. The SMILES string of the molecule is COc1ccc(C(Br)Cc2cc(C)ccc2C)cc1OC. The van der Waals surface area contributed by atoms with E-state index in [4.69, 9.17) is 9.47 Å². The van der Waals surface area contributed by atoms with Crippen LogP contribution in [0.1, 0.15) is 27.1 Å². The zero-order valence-electron chi connectivity index (χ0n) is 12.9. The second-order valence-electron chi connectivity index (χ2n) is 5.22. The number of alkyl halides is 1. The van der Waals surface area contributed by atoms with Crippen LogP contribution in [0.5, 0.6) is 11.5 Å². The van der Waals surface area contributed by atoms with E-state index in [-0.39, 0.29) is 4.83 Å². The van der Waals surface area contributed by atoms with Crippen LogP contribution >= 0.6 is 15.9 Å². The molecule has 2 aromatic rings. The monoisotopic (exact) mass is 348 g/mol. The summed E-state index contributed by atoms with van der Waals surface area (Å²) >= 11 is 3.79. The highest BCUT2D eigenvalue weighted by molar-refractivity contribution is 9.09. The number of rotatable bonds is 5. The van der Waals surface area contributed by atoms with E-state index in [0.717, 1.165) is 17.9 Å². The average molecular weight is 349 g/mol. The van der Waals surface area contributed by atoms with Crippen LogP contribution in [0.2, 0.25) is 0 Å². The van der Waals surface area contributed by atoms with Crippen LogP contribution in [0.3, 0.4) is 0 Å². The normalized spacial score (nSPS) is 12.0. The maximum absolute atomic E-state index is 5.37. The van der Waals surface area contributed by atoms with E-state index in [2.05, 4.69) is 54.0 Å². The van der Waals surface area contributed by atoms with Crippen molar-refractivity contribution in [3.05, 3.63) is 58.7 Å². The third-order valence-corrected chi connectivity index (χ3v) is 4.53. The Kier molecular flexibility index (Phi) is 5.29. The Hall–Kier alpha value is -1.48. The summed E-state index contributed by atoms with van der Waals surface area (Å²) < 4.78 is 10.7. The molecule has 112 valence electrons. The molecule has 0 saturated heterocycles. The lowest BCUT2D eigenvalue weighted by Crippen LogP contribution is -1.99. The number of halogens is 1. The van der Waals surface area contributed by atoms with E-state index in [1.54, 1.807) is 14.2 Å². The van der Waals surface area contributed by atoms with Gasteiger partial charge < -0.3 is 9.47 Å². The van der Waals surface area contributed by atoms with Crippen LogP contribution in [-0.2, 0) is 6.42 Å². The fourth-order valence-electron chi connectivity index (χ4n) is 2.38. The van der Waals surface area contributed by atoms with Gasteiger partial charge in [-0.1, -0.05) is 45.8 Å². The molecule has 2 nitrogen and oxygen atoms in total. The van der Waals surface area contributed by atoms with Crippen LogP contribution in [0.25, 0.3) is 0 Å². The molecule has 0 aromatic heterocycles. The van der Waals surface area contributed by atoms with E-state index in [9.17, 15) is 0 Å². The molecule has 0 heterocycles. The molecule has 0 aliphatic heterocycles. The Labute approximate surface area is 135 Å². The zero-order valence-corrected chi connectivity index (χ0v) is 14.5. The Balaban J connectivity index is 2.24. The summed E-state index contributed by atoms with van der Waals surface area (Å²) in [6, 6.07) is 12.6. The number of ether oxygens (including phenoxy) is 2. The molecule has 1 unspecified atom stereocenters. The predicted molar refractivity (Wildman–Crippen MR) is 90.8 cm³/mol. The van der Waals surface area contributed by atoms with Gasteiger partial charge >= 0.3 is 0 Å². The summed E-state index contributed by atoms with van der Waals surface area (Å²) in [5.74, 6) is 1.52. The minimum Gasteiger partial charge on any atom is -0.493 e. The highest BCUT2D eigenvalue weighted by Gasteiger charge is 2.13. The summed E-state index contributed by atoms with van der Waals surface area (Å²) in [4.78, 5) is 0.248. The summed E-state index contributed by atoms with van der Waals surface area (Å²) in [6.45, 7) is 4.28. The van der Waals surface area contributed by atoms with Crippen molar-refractivity contribution in [3.8, 4) is 11.5 Å². The maximum atomic E-state index is 5.37. The molecule has 0 bridgehead atoms. The molecule has 3 heteroatoms. The van der Waals surface area contributed by atoms with Gasteiger partial charge in [-0.3, -0.25) is 0 Å². The van der Waals surface area contributed by atoms with Gasteiger partial charge in [-0.2, -0.15) is 0 Å². The molecule has 2 rings (SSSR count). The van der Waals surface area contributed by atoms with Gasteiger partial charge in [0.15, 0.2) is 11.5 Å². The smallest absolute Gasteiger partial charge is 0.161 e. The molecular formula is C18H21BrO2. The van der Waals surface area contributed by atoms with Gasteiger partial charge in [0.1, 0.15) is 0 Å². The Bertz CT molecular complexity index is 623. The number of aryl methyl sites for hydroxylation is 2. The van der Waals surface area contributed by atoms with E-state index < -0.39 is 0 Å². The molecule has 0 N–H and O–H groups in total. The number of methoxy groups -OCH3 is 2. The first-order chi connectivity index (χ1) is 10.0. The standard InChI is InChI=1S/C18H21BrO2/c1-12-5-6-13(2)15(9-12)10-16(19)14-7-8-17(20-3)18(11-14)21-4/h5-9,11,16H,10H2,1-4H3. The lowest BCUT2D eigenvalue weighted by molar-refractivity contribution is 0.354. The van der Waals surface area contributed by atoms with E-state index in [1.165, 1.54) is 22.3 Å². The number of hydrogen-bond acceptors (Lipinski definition) is 2. The van der Waals surface area contributed by atoms with Crippen molar-refractivity contribution in [3.63, 3.8) is 0 Å². The number of hydrogen-bond donors (Lipinski definition) is 0. The second kappa shape index (κ2) is 6.99. The minimum absolute atomic E-state index is 0.248. The van der Waals surface area contributed by atoms with Gasteiger partial charge in [0.25, 0.3) is 0 Å². The van der Waals surface area contributed by atoms with Crippen molar-refractivity contribution in [2.45, 2.75) is 25.1 Å². The van der Waals surface area contributed by atoms with Gasteiger partial charge in [-0.05, 0) is 49.1 Å². The van der Waals surface area contributed by atoms with Gasteiger partial charge in [0.2, 0.25) is 0 Å². The third-order valence-electron chi connectivity index (χ3n) is 3.67. The molecule has 0 saturated carbocycles. The van der Waals surface area contributed by atoms with E-state index in [0.29, 0.717) is 0 Å². The fourth-order valence-corrected chi connectivity index (χ4v) is 3.01. The van der Waals surface area contributed by atoms with Crippen molar-refractivity contribution < 1.29 is 9.47 Å². The van der Waals surface area contributed by atoms with E-state index >= 15 is 0 Å². The average Bonchev–Trinajstić information content (AvgIpc) is 2.50. The summed E-state index contributed by atoms with van der Waals surface area (Å²) in [5.41, 5.74) is 5.17. The topological polar surface area (TPSA) is 18.5 Å². The molecule has 1 atom stereocenters. The molecule has 0 aliphatic rings. The molecule has 0 amide bonds. The Morgan fingerprint density at radius 3 is 2.33 bits per heavy atom. The first-order valence-electron chi connectivity index (χ1n) is 6.97. The highest BCUT2D eigenvalue weighted by atomic mass is 79.9. The fraction of sp³-hybridized carbons (Fsp3) is 0.333. The van der Waals surface area contributed by atoms with Crippen LogP contribution in [0, 0.1) is 13.8 Å². The zero-order chi connectivity index (χ0) is 15.4. The first kappa shape index (κ1) is 15.9. The maximum Gasteiger partial charge on any atom is 0.161 e. The van der Waals surface area contributed by atoms with E-state index in [1.807, 2.05) is 12.1 Å². The van der Waals surface area contributed by atoms with Crippen LogP contribution in [0.4, 0.5) is 0 Å². The largest absolute Gasteiger partial charge is 0.493 e. The lowest BCUT2D eigenvalue weighted by atomic mass is 9.98. The van der Waals surface area contributed by atoms with Gasteiger partial charge in [-0.15, -0.1) is 0 Å². The summed E-state index contributed by atoms with van der Waals surface area (Å²) in [5, 5.41) is 0. The quantitative estimate of drug-likeness (QED) is 0.708. The van der Waals surface area contributed by atoms with Crippen molar-refractivity contribution in [1.29, 1.82) is 0 Å². The molecule has 0 spiro atoms. The van der Waals surface area contributed by atoms with Crippen molar-refractivity contribution in [1.82, 2.24) is 0 Å². The van der Waals surface area contributed by atoms with Gasteiger partial charge in [-0.25, -0.2) is 0 Å². The highest BCUT2D eigenvalue weighted by Crippen LogP contribution is 2.35. The van der Waals surface area contributed by atoms with Crippen LogP contribution in [0.15, 0.2) is 36.4 Å². The van der Waals surface area contributed by atoms with Crippen LogP contribution in [-0.4, -0.2) is 14.2 Å². The van der Waals surface area contributed by atoms with Crippen molar-refractivity contribution >= 4 is 15.9 Å².